The number of hydrogen-bond donors (Lipinski definition) is 8. The van der Waals surface area contributed by atoms with E-state index >= 15 is 0 Å². The standard InChI is InChI=1S/C37H72NO11P/c1-3-5-7-9-11-12-13-14-15-16-17-18-19-21-22-24-26-30(39)29(38-31(40)27-25-23-20-10-8-6-4-2)28-48-50(46,47)49-37-35(44)33(42)32(41)34(43)36(37)45/h24,26,29-30,32-37,39,41-45H,3-23,25,27-28H2,1-2H3,(H,38,40)(H,46,47)/b26-24+/t29-,30+,32?,33+,34?,35?,36?,37?/m0/s1. The predicted molar refractivity (Wildman–Crippen MR) is 195 cm³/mol. The number of carbonyl (C=O) groups is 1. The zero-order valence-corrected chi connectivity index (χ0v) is 31.8. The number of aliphatic hydroxyl groups excluding tert-OH is 6. The highest BCUT2D eigenvalue weighted by Crippen LogP contribution is 2.47. The molecule has 13 heteroatoms. The fourth-order valence-electron chi connectivity index (χ4n) is 6.25. The molecule has 0 saturated heterocycles. The van der Waals surface area contributed by atoms with E-state index in [1.807, 2.05) is 6.08 Å². The Labute approximate surface area is 301 Å². The number of unbranched alkanes of at least 4 members (excludes halogenated alkanes) is 20. The van der Waals surface area contributed by atoms with Crippen molar-refractivity contribution in [1.82, 2.24) is 5.32 Å². The highest BCUT2D eigenvalue weighted by molar-refractivity contribution is 7.47. The second-order valence-corrected chi connectivity index (χ2v) is 15.5. The summed E-state index contributed by atoms with van der Waals surface area (Å²) in [5.74, 6) is -0.348. The molecule has 0 aromatic rings. The molecule has 50 heavy (non-hydrogen) atoms. The van der Waals surface area contributed by atoms with Gasteiger partial charge in [-0.3, -0.25) is 13.8 Å². The maximum Gasteiger partial charge on any atom is 0.472 e. The zero-order valence-electron chi connectivity index (χ0n) is 31.0. The van der Waals surface area contributed by atoms with Gasteiger partial charge in [0.1, 0.15) is 36.6 Å². The molecular weight excluding hydrogens is 665 g/mol. The highest BCUT2D eigenvalue weighted by Gasteiger charge is 2.51. The van der Waals surface area contributed by atoms with E-state index in [2.05, 4.69) is 19.2 Å². The van der Waals surface area contributed by atoms with Crippen molar-refractivity contribution in [3.8, 4) is 0 Å². The summed E-state index contributed by atoms with van der Waals surface area (Å²) in [5, 5.41) is 63.5. The van der Waals surface area contributed by atoms with Gasteiger partial charge in [-0.2, -0.15) is 0 Å². The molecule has 1 fully saturated rings. The molecule has 6 unspecified atom stereocenters. The summed E-state index contributed by atoms with van der Waals surface area (Å²) in [7, 11) is -5.06. The van der Waals surface area contributed by atoms with Crippen molar-refractivity contribution in [2.75, 3.05) is 6.61 Å². The lowest BCUT2D eigenvalue weighted by Gasteiger charge is -2.41. The number of phosphoric acid groups is 1. The summed E-state index contributed by atoms with van der Waals surface area (Å²) in [5.41, 5.74) is 0. The first-order valence-corrected chi connectivity index (χ1v) is 21.1. The Balaban J connectivity index is 2.55. The molecule has 0 bridgehead atoms. The van der Waals surface area contributed by atoms with Gasteiger partial charge in [-0.05, 0) is 19.3 Å². The Bertz CT molecular complexity index is 910. The van der Waals surface area contributed by atoms with Crippen molar-refractivity contribution in [2.24, 2.45) is 0 Å². The van der Waals surface area contributed by atoms with E-state index in [9.17, 15) is 44.9 Å². The quantitative estimate of drug-likeness (QED) is 0.0245. The third-order valence-electron chi connectivity index (χ3n) is 9.57. The second-order valence-electron chi connectivity index (χ2n) is 14.1. The topological polar surface area (TPSA) is 206 Å². The predicted octanol–water partition coefficient (Wildman–Crippen LogP) is 5.72. The monoisotopic (exact) mass is 737 g/mol. The Morgan fingerprint density at radius 1 is 0.660 bits per heavy atom. The molecular formula is C37H72NO11P. The van der Waals surface area contributed by atoms with Gasteiger partial charge in [-0.15, -0.1) is 0 Å². The maximum atomic E-state index is 12.8. The van der Waals surface area contributed by atoms with Crippen molar-refractivity contribution < 1.29 is 53.9 Å². The molecule has 296 valence electrons. The first-order valence-electron chi connectivity index (χ1n) is 19.6. The Hall–Kier alpha value is -0.920. The fourth-order valence-corrected chi connectivity index (χ4v) is 7.22. The molecule has 0 aromatic heterocycles. The molecule has 0 aromatic carbocycles. The second kappa shape index (κ2) is 28.6. The van der Waals surface area contributed by atoms with Crippen LogP contribution >= 0.6 is 7.82 Å². The van der Waals surface area contributed by atoms with E-state index < -0.39 is 63.2 Å². The van der Waals surface area contributed by atoms with Gasteiger partial charge in [0, 0.05) is 6.42 Å². The lowest BCUT2D eigenvalue weighted by Crippen LogP contribution is -2.64. The van der Waals surface area contributed by atoms with Crippen molar-refractivity contribution in [3.05, 3.63) is 12.2 Å². The van der Waals surface area contributed by atoms with Crippen LogP contribution in [0.25, 0.3) is 0 Å². The van der Waals surface area contributed by atoms with Gasteiger partial charge in [0.25, 0.3) is 0 Å². The Morgan fingerprint density at radius 3 is 1.52 bits per heavy atom. The number of carbonyl (C=O) groups excluding carboxylic acids is 1. The van der Waals surface area contributed by atoms with Crippen LogP contribution in [-0.2, 0) is 18.4 Å². The number of amides is 1. The van der Waals surface area contributed by atoms with Crippen LogP contribution < -0.4 is 5.32 Å². The van der Waals surface area contributed by atoms with Gasteiger partial charge in [0.15, 0.2) is 0 Å². The van der Waals surface area contributed by atoms with E-state index in [0.29, 0.717) is 6.42 Å². The molecule has 8 N–H and O–H groups in total. The number of nitrogens with one attached hydrogen (secondary N) is 1. The number of aliphatic hydroxyl groups is 6. The summed E-state index contributed by atoms with van der Waals surface area (Å²) in [6.45, 7) is 3.75. The van der Waals surface area contributed by atoms with Gasteiger partial charge in [0.05, 0.1) is 18.8 Å². The molecule has 0 radical (unpaired) electrons. The van der Waals surface area contributed by atoms with Crippen LogP contribution in [0.15, 0.2) is 12.2 Å². The maximum absolute atomic E-state index is 12.8. The molecule has 1 rings (SSSR count). The molecule has 1 aliphatic rings. The summed E-state index contributed by atoms with van der Waals surface area (Å²) < 4.78 is 22.7. The lowest BCUT2D eigenvalue weighted by molar-refractivity contribution is -0.220. The minimum atomic E-state index is -5.06. The van der Waals surface area contributed by atoms with Crippen molar-refractivity contribution >= 4 is 13.7 Å². The highest BCUT2D eigenvalue weighted by atomic mass is 31.2. The first kappa shape index (κ1) is 47.1. The van der Waals surface area contributed by atoms with E-state index in [1.54, 1.807) is 0 Å². The van der Waals surface area contributed by atoms with Gasteiger partial charge in [0.2, 0.25) is 5.91 Å². The Morgan fingerprint density at radius 2 is 1.06 bits per heavy atom. The van der Waals surface area contributed by atoms with Crippen LogP contribution in [0.1, 0.15) is 162 Å². The Kier molecular flexibility index (Phi) is 26.9. The average Bonchev–Trinajstić information content (AvgIpc) is 3.09. The van der Waals surface area contributed by atoms with Crippen molar-refractivity contribution in [2.45, 2.75) is 210 Å². The van der Waals surface area contributed by atoms with E-state index in [-0.39, 0.29) is 12.3 Å². The van der Waals surface area contributed by atoms with Crippen LogP contribution in [0.2, 0.25) is 0 Å². The van der Waals surface area contributed by atoms with Gasteiger partial charge >= 0.3 is 7.82 Å². The smallest absolute Gasteiger partial charge is 0.387 e. The molecule has 1 amide bonds. The van der Waals surface area contributed by atoms with E-state index in [4.69, 9.17) is 9.05 Å². The lowest BCUT2D eigenvalue weighted by atomic mass is 9.85. The summed E-state index contributed by atoms with van der Waals surface area (Å²) in [6.07, 6.45) is 16.1. The molecule has 1 saturated carbocycles. The first-order chi connectivity index (χ1) is 23.9. The number of allylic oxidation sites excluding steroid dienone is 1. The summed E-state index contributed by atoms with van der Waals surface area (Å²) >= 11 is 0. The molecule has 0 spiro atoms. The third-order valence-corrected chi connectivity index (χ3v) is 10.6. The van der Waals surface area contributed by atoms with E-state index in [1.165, 1.54) is 83.1 Å². The number of phosphoric ester groups is 1. The molecule has 9 atom stereocenters. The van der Waals surface area contributed by atoms with Crippen molar-refractivity contribution in [1.29, 1.82) is 0 Å². The van der Waals surface area contributed by atoms with Crippen LogP contribution in [-0.4, -0.2) is 96.8 Å². The largest absolute Gasteiger partial charge is 0.472 e. The van der Waals surface area contributed by atoms with Crippen molar-refractivity contribution in [3.63, 3.8) is 0 Å². The summed E-state index contributed by atoms with van der Waals surface area (Å²) in [6, 6.07) is -1.11. The number of hydrogen-bond acceptors (Lipinski definition) is 10. The number of rotatable bonds is 31. The van der Waals surface area contributed by atoms with Crippen LogP contribution in [0, 0.1) is 0 Å². The molecule has 0 heterocycles. The molecule has 1 aliphatic carbocycles. The van der Waals surface area contributed by atoms with Crippen LogP contribution in [0.4, 0.5) is 0 Å². The summed E-state index contributed by atoms with van der Waals surface area (Å²) in [4.78, 5) is 23.1. The minimum Gasteiger partial charge on any atom is -0.387 e. The zero-order chi connectivity index (χ0) is 37.2. The molecule has 12 nitrogen and oxygen atoms in total. The fraction of sp³-hybridized carbons (Fsp3) is 0.919. The van der Waals surface area contributed by atoms with E-state index in [0.717, 1.165) is 57.8 Å². The molecule has 0 aliphatic heterocycles. The SMILES string of the molecule is CCCCCCCCCCCCCCCC/C=C/[C@@H](O)[C@H](COP(=O)(O)OC1C(O)C(O)C(O)[C@@H](O)C1O)NC(=O)CCCCCCCCC. The average molecular weight is 738 g/mol. The van der Waals surface area contributed by atoms with Gasteiger partial charge in [-0.25, -0.2) is 4.57 Å². The van der Waals surface area contributed by atoms with Gasteiger partial charge in [-0.1, -0.05) is 148 Å². The van der Waals surface area contributed by atoms with Crippen LogP contribution in [0.5, 0.6) is 0 Å². The minimum absolute atomic E-state index is 0.214. The third kappa shape index (κ3) is 20.9. The normalized spacial score (nSPS) is 25.1. The van der Waals surface area contributed by atoms with Crippen LogP contribution in [0.3, 0.4) is 0 Å². The van der Waals surface area contributed by atoms with Gasteiger partial charge < -0.3 is 40.8 Å².